The van der Waals surface area contributed by atoms with Crippen LogP contribution in [0.1, 0.15) is 69.7 Å². The quantitative estimate of drug-likeness (QED) is 0.300. The van der Waals surface area contributed by atoms with E-state index in [1.807, 2.05) is 6.92 Å². The van der Waals surface area contributed by atoms with Gasteiger partial charge in [0.1, 0.15) is 11.8 Å². The molecule has 2 amide bonds. The molecule has 0 aliphatic heterocycles. The highest BCUT2D eigenvalue weighted by atomic mass is 35.5. The van der Waals surface area contributed by atoms with Gasteiger partial charge in [0.25, 0.3) is 5.91 Å². The first kappa shape index (κ1) is 25.8. The maximum atomic E-state index is 12.9. The molecule has 4 N–H and O–H groups in total. The highest BCUT2D eigenvalue weighted by Gasteiger charge is 2.49. The van der Waals surface area contributed by atoms with E-state index in [1.54, 1.807) is 19.9 Å². The van der Waals surface area contributed by atoms with Gasteiger partial charge >= 0.3 is 6.09 Å². The number of fused-ring (bicyclic) bond motifs is 3. The normalized spacial score (nSPS) is 25.3. The van der Waals surface area contributed by atoms with Gasteiger partial charge in [0.2, 0.25) is 0 Å². The minimum Gasteiger partial charge on any atom is -0.448 e. The average Bonchev–Trinajstić information content (AvgIpc) is 2.76. The Morgan fingerprint density at radius 2 is 1.82 bits per heavy atom. The van der Waals surface area contributed by atoms with E-state index in [-0.39, 0.29) is 35.4 Å². The lowest BCUT2D eigenvalue weighted by atomic mass is 9.61. The molecule has 2 bridgehead atoms. The van der Waals surface area contributed by atoms with E-state index in [0.29, 0.717) is 22.9 Å². The van der Waals surface area contributed by atoms with Gasteiger partial charge in [-0.05, 0) is 58.4 Å². The fourth-order valence-electron chi connectivity index (χ4n) is 4.54. The van der Waals surface area contributed by atoms with Crippen LogP contribution < -0.4 is 16.0 Å². The number of halogens is 2. The molecule has 1 aromatic heterocycles. The monoisotopic (exact) mass is 500 g/mol. The molecule has 33 heavy (non-hydrogen) atoms. The minimum absolute atomic E-state index is 0.120. The summed E-state index contributed by atoms with van der Waals surface area (Å²) in [5.74, 6) is -0.113. The molecular formula is C23H34Cl2N4O4. The van der Waals surface area contributed by atoms with Crippen molar-refractivity contribution in [1.29, 1.82) is 0 Å². The number of amides is 2. The summed E-state index contributed by atoms with van der Waals surface area (Å²) in [6.45, 7) is 5.85. The third kappa shape index (κ3) is 6.43. The van der Waals surface area contributed by atoms with E-state index >= 15 is 0 Å². The Hall–Kier alpha value is -1.77. The van der Waals surface area contributed by atoms with Crippen molar-refractivity contribution < 1.29 is 19.4 Å². The van der Waals surface area contributed by atoms with Crippen molar-refractivity contribution in [3.8, 4) is 0 Å². The Morgan fingerprint density at radius 3 is 2.39 bits per heavy atom. The van der Waals surface area contributed by atoms with Gasteiger partial charge < -0.3 is 25.8 Å². The standard InChI is InChI=1S/C23H34Cl2N4O4/c1-15(21(2,3)32)13-27-19(30)16-14-26-18(25)12-17(16)28-22-4-7-23(8-5-22,9-6-22)29-20(31)33-11-10-24/h12,14-15,32H,4-11,13H2,1-3H3,(H,26,28)(H,27,30)(H,29,31)/t15-,22?,23?/m1/s1. The van der Waals surface area contributed by atoms with E-state index in [2.05, 4.69) is 20.9 Å². The first-order valence-electron chi connectivity index (χ1n) is 11.4. The van der Waals surface area contributed by atoms with Crippen molar-refractivity contribution in [2.75, 3.05) is 24.3 Å². The number of alkyl carbamates (subject to hydrolysis) is 1. The highest BCUT2D eigenvalue weighted by Crippen LogP contribution is 2.48. The van der Waals surface area contributed by atoms with Crippen LogP contribution in [0, 0.1) is 5.92 Å². The zero-order chi connectivity index (χ0) is 24.3. The third-order valence-electron chi connectivity index (χ3n) is 7.21. The SMILES string of the molecule is C[C@H](CNC(=O)c1cnc(Cl)cc1NC12CCC(NC(=O)OCCCl)(CC1)CC2)C(C)(C)O. The molecule has 3 saturated carbocycles. The molecule has 0 radical (unpaired) electrons. The zero-order valence-corrected chi connectivity index (χ0v) is 21.0. The summed E-state index contributed by atoms with van der Waals surface area (Å²) in [4.78, 5) is 29.1. The number of hydrogen-bond donors (Lipinski definition) is 4. The summed E-state index contributed by atoms with van der Waals surface area (Å²) in [7, 11) is 0. The predicted molar refractivity (Wildman–Crippen MR) is 129 cm³/mol. The number of aliphatic hydroxyl groups is 1. The summed E-state index contributed by atoms with van der Waals surface area (Å²) < 4.78 is 5.10. The molecule has 4 rings (SSSR count). The van der Waals surface area contributed by atoms with Crippen LogP contribution in [0.3, 0.4) is 0 Å². The van der Waals surface area contributed by atoms with Crippen molar-refractivity contribution in [3.63, 3.8) is 0 Å². The van der Waals surface area contributed by atoms with Gasteiger partial charge in [-0.15, -0.1) is 11.6 Å². The number of hydrogen-bond acceptors (Lipinski definition) is 6. The maximum Gasteiger partial charge on any atom is 0.407 e. The molecule has 8 nitrogen and oxygen atoms in total. The Labute approximate surface area is 205 Å². The number of rotatable bonds is 9. The molecule has 10 heteroatoms. The number of alkyl halides is 1. The molecule has 3 aliphatic rings. The number of pyridine rings is 1. The van der Waals surface area contributed by atoms with Crippen molar-refractivity contribution in [2.24, 2.45) is 5.92 Å². The smallest absolute Gasteiger partial charge is 0.407 e. The minimum atomic E-state index is -0.896. The molecule has 1 aromatic rings. The van der Waals surface area contributed by atoms with Crippen molar-refractivity contribution in [2.45, 2.75) is 76.0 Å². The molecular weight excluding hydrogens is 467 g/mol. The number of carbonyl (C=O) groups is 2. The Morgan fingerprint density at radius 1 is 1.21 bits per heavy atom. The molecule has 0 saturated heterocycles. The van der Waals surface area contributed by atoms with Crippen molar-refractivity contribution in [3.05, 3.63) is 23.0 Å². The fraction of sp³-hybridized carbons (Fsp3) is 0.696. The molecule has 0 unspecified atom stereocenters. The molecule has 184 valence electrons. The number of nitrogens with one attached hydrogen (secondary N) is 3. The first-order valence-corrected chi connectivity index (χ1v) is 12.3. The Kier molecular flexibility index (Phi) is 8.02. The summed E-state index contributed by atoms with van der Waals surface area (Å²) in [6.07, 6.45) is 6.06. The van der Waals surface area contributed by atoms with Crippen LogP contribution in [0.4, 0.5) is 10.5 Å². The second-order valence-corrected chi connectivity index (χ2v) is 10.7. The number of nitrogens with zero attached hydrogens (tertiary/aromatic N) is 1. The van der Waals surface area contributed by atoms with E-state index in [4.69, 9.17) is 27.9 Å². The van der Waals surface area contributed by atoms with Gasteiger partial charge in [-0.3, -0.25) is 4.79 Å². The average molecular weight is 501 g/mol. The molecule has 1 atom stereocenters. The fourth-order valence-corrected chi connectivity index (χ4v) is 4.77. The lowest BCUT2D eigenvalue weighted by Crippen LogP contribution is -2.61. The lowest BCUT2D eigenvalue weighted by molar-refractivity contribution is 0.0252. The second kappa shape index (κ2) is 10.2. The summed E-state index contributed by atoms with van der Waals surface area (Å²) in [5.41, 5.74) is -0.263. The molecule has 3 aliphatic carbocycles. The van der Waals surface area contributed by atoms with Crippen LogP contribution in [-0.4, -0.2) is 57.8 Å². The number of ether oxygens (including phenoxy) is 1. The first-order chi connectivity index (χ1) is 15.5. The van der Waals surface area contributed by atoms with Gasteiger partial charge in [-0.1, -0.05) is 18.5 Å². The second-order valence-electron chi connectivity index (χ2n) is 9.95. The molecule has 0 aromatic carbocycles. The van der Waals surface area contributed by atoms with Gasteiger partial charge in [-0.25, -0.2) is 9.78 Å². The molecule has 3 fully saturated rings. The van der Waals surface area contributed by atoms with E-state index < -0.39 is 11.7 Å². The zero-order valence-electron chi connectivity index (χ0n) is 19.5. The maximum absolute atomic E-state index is 12.9. The van der Waals surface area contributed by atoms with Crippen LogP contribution >= 0.6 is 23.2 Å². The van der Waals surface area contributed by atoms with E-state index in [0.717, 1.165) is 38.5 Å². The predicted octanol–water partition coefficient (Wildman–Crippen LogP) is 4.09. The number of aromatic nitrogens is 1. The van der Waals surface area contributed by atoms with Crippen LogP contribution in [-0.2, 0) is 4.74 Å². The van der Waals surface area contributed by atoms with E-state index in [9.17, 15) is 14.7 Å². The van der Waals surface area contributed by atoms with Gasteiger partial charge in [0.05, 0.1) is 22.7 Å². The number of carbonyl (C=O) groups excluding carboxylic acids is 2. The highest BCUT2D eigenvalue weighted by molar-refractivity contribution is 6.29. The third-order valence-corrected chi connectivity index (χ3v) is 7.57. The van der Waals surface area contributed by atoms with Crippen LogP contribution in [0.5, 0.6) is 0 Å². The van der Waals surface area contributed by atoms with Gasteiger partial charge in [0, 0.05) is 29.7 Å². The van der Waals surface area contributed by atoms with E-state index in [1.165, 1.54) is 6.20 Å². The lowest BCUT2D eigenvalue weighted by Gasteiger charge is -2.54. The van der Waals surface area contributed by atoms with Gasteiger partial charge in [-0.2, -0.15) is 0 Å². The van der Waals surface area contributed by atoms with Crippen LogP contribution in [0.25, 0.3) is 0 Å². The summed E-state index contributed by atoms with van der Waals surface area (Å²) >= 11 is 11.8. The Balaban J connectivity index is 1.67. The summed E-state index contributed by atoms with van der Waals surface area (Å²) in [6, 6.07) is 1.68. The summed E-state index contributed by atoms with van der Waals surface area (Å²) in [5, 5.41) is 20.0. The molecule has 0 spiro atoms. The van der Waals surface area contributed by atoms with Gasteiger partial charge in [0.15, 0.2) is 0 Å². The van der Waals surface area contributed by atoms with Crippen molar-refractivity contribution >= 4 is 40.9 Å². The van der Waals surface area contributed by atoms with Crippen LogP contribution in [0.2, 0.25) is 5.15 Å². The molecule has 1 heterocycles. The van der Waals surface area contributed by atoms with Crippen LogP contribution in [0.15, 0.2) is 12.3 Å². The Bertz CT molecular complexity index is 850. The largest absolute Gasteiger partial charge is 0.448 e. The topological polar surface area (TPSA) is 113 Å². The number of anilines is 1. The van der Waals surface area contributed by atoms with Crippen molar-refractivity contribution in [1.82, 2.24) is 15.6 Å².